The van der Waals surface area contributed by atoms with E-state index in [4.69, 9.17) is 22.1 Å². The Balaban J connectivity index is 2.06. The molecule has 0 spiro atoms. The summed E-state index contributed by atoms with van der Waals surface area (Å²) in [4.78, 5) is 0. The maximum atomic E-state index is 5.49. The quantitative estimate of drug-likeness (QED) is 0.413. The zero-order valence-corrected chi connectivity index (χ0v) is 15.3. The lowest BCUT2D eigenvalue weighted by Gasteiger charge is -2.06. The smallest absolute Gasteiger partial charge is 0.186 e. The Morgan fingerprint density at radius 1 is 1.15 bits per heavy atom. The SMILES string of the molecule is CNC(=S)N/N=C\c1cn(-c2ccccc2)nc1-c1ccccc1OC. The molecule has 1 aromatic heterocycles. The van der Waals surface area contributed by atoms with E-state index < -0.39 is 0 Å². The molecule has 1 heterocycles. The number of hydrogen-bond donors (Lipinski definition) is 2. The van der Waals surface area contributed by atoms with E-state index in [0.29, 0.717) is 5.11 Å². The van der Waals surface area contributed by atoms with Crippen LogP contribution in [0.5, 0.6) is 5.75 Å². The molecule has 0 amide bonds. The van der Waals surface area contributed by atoms with Crippen LogP contribution in [0.1, 0.15) is 5.56 Å². The molecule has 26 heavy (non-hydrogen) atoms. The highest BCUT2D eigenvalue weighted by Crippen LogP contribution is 2.31. The van der Waals surface area contributed by atoms with Gasteiger partial charge in [0.05, 0.1) is 19.0 Å². The van der Waals surface area contributed by atoms with Crippen LogP contribution in [0.4, 0.5) is 0 Å². The van der Waals surface area contributed by atoms with Gasteiger partial charge in [-0.25, -0.2) is 4.68 Å². The number of benzene rings is 2. The van der Waals surface area contributed by atoms with E-state index in [2.05, 4.69) is 15.8 Å². The van der Waals surface area contributed by atoms with Crippen LogP contribution in [0.15, 0.2) is 65.9 Å². The van der Waals surface area contributed by atoms with Crippen LogP contribution in [0.3, 0.4) is 0 Å². The Bertz CT molecular complexity index is 921. The van der Waals surface area contributed by atoms with Gasteiger partial charge in [0.15, 0.2) is 5.11 Å². The molecule has 3 rings (SSSR count). The summed E-state index contributed by atoms with van der Waals surface area (Å²) in [5, 5.41) is 12.2. The minimum absolute atomic E-state index is 0.440. The molecule has 7 heteroatoms. The van der Waals surface area contributed by atoms with Crippen LogP contribution in [0, 0.1) is 0 Å². The van der Waals surface area contributed by atoms with Crippen LogP contribution in [0.2, 0.25) is 0 Å². The molecular formula is C19H19N5OS. The van der Waals surface area contributed by atoms with Crippen molar-refractivity contribution in [1.82, 2.24) is 20.5 Å². The van der Waals surface area contributed by atoms with Gasteiger partial charge in [-0.15, -0.1) is 0 Å². The highest BCUT2D eigenvalue weighted by molar-refractivity contribution is 7.80. The van der Waals surface area contributed by atoms with E-state index >= 15 is 0 Å². The summed E-state index contributed by atoms with van der Waals surface area (Å²) in [7, 11) is 3.38. The van der Waals surface area contributed by atoms with Gasteiger partial charge < -0.3 is 10.1 Å². The number of hydrogen-bond acceptors (Lipinski definition) is 4. The van der Waals surface area contributed by atoms with Gasteiger partial charge in [-0.2, -0.15) is 10.2 Å². The van der Waals surface area contributed by atoms with Gasteiger partial charge >= 0.3 is 0 Å². The molecule has 0 saturated heterocycles. The Morgan fingerprint density at radius 2 is 1.88 bits per heavy atom. The zero-order chi connectivity index (χ0) is 18.4. The molecule has 0 bridgehead atoms. The number of ether oxygens (including phenoxy) is 1. The van der Waals surface area contributed by atoms with E-state index in [9.17, 15) is 0 Å². The molecule has 2 N–H and O–H groups in total. The third kappa shape index (κ3) is 3.89. The van der Waals surface area contributed by atoms with Gasteiger partial charge in [0.2, 0.25) is 0 Å². The number of nitrogens with one attached hydrogen (secondary N) is 2. The molecule has 0 unspecified atom stereocenters. The summed E-state index contributed by atoms with van der Waals surface area (Å²) in [6.45, 7) is 0. The van der Waals surface area contributed by atoms with E-state index in [1.807, 2.05) is 65.5 Å². The minimum Gasteiger partial charge on any atom is -0.496 e. The molecule has 0 fully saturated rings. The maximum Gasteiger partial charge on any atom is 0.186 e. The lowest BCUT2D eigenvalue weighted by atomic mass is 10.1. The van der Waals surface area contributed by atoms with Gasteiger partial charge in [0, 0.05) is 24.4 Å². The number of rotatable bonds is 5. The third-order valence-electron chi connectivity index (χ3n) is 3.72. The minimum atomic E-state index is 0.440. The first kappa shape index (κ1) is 17.6. The number of thiocarbonyl (C=S) groups is 1. The van der Waals surface area contributed by atoms with E-state index in [1.54, 1.807) is 20.4 Å². The van der Waals surface area contributed by atoms with Crippen molar-refractivity contribution in [2.45, 2.75) is 0 Å². The molecule has 0 aliphatic rings. The molecule has 132 valence electrons. The summed E-state index contributed by atoms with van der Waals surface area (Å²) >= 11 is 5.04. The lowest BCUT2D eigenvalue weighted by Crippen LogP contribution is -2.28. The van der Waals surface area contributed by atoms with Crippen molar-refractivity contribution < 1.29 is 4.74 Å². The normalized spacial score (nSPS) is 10.7. The summed E-state index contributed by atoms with van der Waals surface area (Å²) in [6.07, 6.45) is 3.61. The second-order valence-electron chi connectivity index (χ2n) is 5.36. The first-order chi connectivity index (χ1) is 12.7. The van der Waals surface area contributed by atoms with Crippen molar-refractivity contribution in [2.75, 3.05) is 14.2 Å². The first-order valence-electron chi connectivity index (χ1n) is 8.02. The van der Waals surface area contributed by atoms with E-state index in [0.717, 1.165) is 28.3 Å². The van der Waals surface area contributed by atoms with Gasteiger partial charge in [-0.05, 0) is 36.5 Å². The van der Waals surface area contributed by atoms with Crippen LogP contribution in [0.25, 0.3) is 16.9 Å². The fraction of sp³-hybridized carbons (Fsp3) is 0.105. The van der Waals surface area contributed by atoms with Gasteiger partial charge in [-0.3, -0.25) is 5.43 Å². The predicted molar refractivity (Wildman–Crippen MR) is 108 cm³/mol. The highest BCUT2D eigenvalue weighted by atomic mass is 32.1. The van der Waals surface area contributed by atoms with Crippen molar-refractivity contribution in [3.05, 3.63) is 66.4 Å². The molecule has 6 nitrogen and oxygen atoms in total. The molecule has 0 radical (unpaired) electrons. The van der Waals surface area contributed by atoms with Gasteiger partial charge in [0.25, 0.3) is 0 Å². The summed E-state index contributed by atoms with van der Waals surface area (Å²) in [5.74, 6) is 0.749. The molecule has 0 saturated carbocycles. The maximum absolute atomic E-state index is 5.49. The average molecular weight is 365 g/mol. The zero-order valence-electron chi connectivity index (χ0n) is 14.5. The van der Waals surface area contributed by atoms with Crippen molar-refractivity contribution >= 4 is 23.5 Å². The Morgan fingerprint density at radius 3 is 2.62 bits per heavy atom. The second kappa shape index (κ2) is 8.26. The van der Waals surface area contributed by atoms with Crippen LogP contribution >= 0.6 is 12.2 Å². The molecule has 2 aromatic carbocycles. The number of aromatic nitrogens is 2. The van der Waals surface area contributed by atoms with Crippen molar-refractivity contribution in [3.8, 4) is 22.7 Å². The Hall–Kier alpha value is -3.19. The predicted octanol–water partition coefficient (Wildman–Crippen LogP) is 2.98. The number of hydrazone groups is 1. The summed E-state index contributed by atoms with van der Waals surface area (Å²) in [5.41, 5.74) is 6.22. The molecule has 0 aliphatic carbocycles. The van der Waals surface area contributed by atoms with Gasteiger partial charge in [-0.1, -0.05) is 30.3 Å². The summed E-state index contributed by atoms with van der Waals surface area (Å²) < 4.78 is 7.31. The number of para-hydroxylation sites is 2. The third-order valence-corrected chi connectivity index (χ3v) is 4.02. The van der Waals surface area contributed by atoms with Crippen molar-refractivity contribution in [2.24, 2.45) is 5.10 Å². The monoisotopic (exact) mass is 365 g/mol. The number of nitrogens with zero attached hydrogens (tertiary/aromatic N) is 3. The first-order valence-corrected chi connectivity index (χ1v) is 8.43. The molecular weight excluding hydrogens is 346 g/mol. The van der Waals surface area contributed by atoms with Gasteiger partial charge in [0.1, 0.15) is 11.4 Å². The highest BCUT2D eigenvalue weighted by Gasteiger charge is 2.14. The Labute approximate surface area is 157 Å². The molecule has 0 atom stereocenters. The van der Waals surface area contributed by atoms with Crippen LogP contribution in [-0.2, 0) is 0 Å². The second-order valence-corrected chi connectivity index (χ2v) is 5.77. The lowest BCUT2D eigenvalue weighted by molar-refractivity contribution is 0.416. The molecule has 3 aromatic rings. The topological polar surface area (TPSA) is 63.5 Å². The fourth-order valence-electron chi connectivity index (χ4n) is 2.46. The van der Waals surface area contributed by atoms with E-state index in [-0.39, 0.29) is 0 Å². The largest absolute Gasteiger partial charge is 0.496 e. The molecule has 0 aliphatic heterocycles. The van der Waals surface area contributed by atoms with Crippen LogP contribution < -0.4 is 15.5 Å². The fourth-order valence-corrected chi connectivity index (χ4v) is 2.51. The summed E-state index contributed by atoms with van der Waals surface area (Å²) in [6, 6.07) is 17.7. The standard InChI is InChI=1S/C19H19N5OS/c1-20-19(26)22-21-12-14-13-24(15-8-4-3-5-9-15)23-18(14)16-10-6-7-11-17(16)25-2/h3-13H,1-2H3,(H2,20,22,26)/b21-12-. The van der Waals surface area contributed by atoms with Crippen LogP contribution in [-0.4, -0.2) is 35.3 Å². The van der Waals surface area contributed by atoms with Crippen molar-refractivity contribution in [3.63, 3.8) is 0 Å². The average Bonchev–Trinajstić information content (AvgIpc) is 3.12. The Kier molecular flexibility index (Phi) is 5.60. The van der Waals surface area contributed by atoms with E-state index in [1.165, 1.54) is 0 Å². The van der Waals surface area contributed by atoms with Crippen molar-refractivity contribution in [1.29, 1.82) is 0 Å². The number of methoxy groups -OCH3 is 1.